The number of hydrogen-bond donors (Lipinski definition) is 0. The molecule has 0 aliphatic rings. The van der Waals surface area contributed by atoms with Gasteiger partial charge in [-0.2, -0.15) is 0 Å². The van der Waals surface area contributed by atoms with E-state index >= 15 is 0 Å². The number of methoxy groups -OCH3 is 1. The Bertz CT molecular complexity index is 447. The van der Waals surface area contributed by atoms with Crippen molar-refractivity contribution in [3.63, 3.8) is 0 Å². The van der Waals surface area contributed by atoms with Gasteiger partial charge in [-0.15, -0.1) is 0 Å². The second-order valence-electron chi connectivity index (χ2n) is 2.88. The summed E-state index contributed by atoms with van der Waals surface area (Å²) in [7, 11) is 1.28. The van der Waals surface area contributed by atoms with E-state index < -0.39 is 5.97 Å². The van der Waals surface area contributed by atoms with Crippen molar-refractivity contribution < 1.29 is 14.3 Å². The molecule has 0 fully saturated rings. The topological polar surface area (TPSA) is 92.1 Å². The van der Waals surface area contributed by atoms with Gasteiger partial charge in [0.15, 0.2) is 5.78 Å². The Morgan fingerprint density at radius 2 is 1.88 bits per heavy atom. The van der Waals surface area contributed by atoms with E-state index in [1.807, 2.05) is 0 Å². The van der Waals surface area contributed by atoms with Crippen molar-refractivity contribution in [2.45, 2.75) is 0 Å². The summed E-state index contributed by atoms with van der Waals surface area (Å²) in [6.45, 7) is -0.228. The van der Waals surface area contributed by atoms with E-state index in [1.54, 1.807) is 0 Å². The second kappa shape index (κ2) is 5.53. The summed E-state index contributed by atoms with van der Waals surface area (Å²) in [5.41, 5.74) is 8.81. The molecule has 0 radical (unpaired) electrons. The quantitative estimate of drug-likeness (QED) is 0.255. The van der Waals surface area contributed by atoms with Crippen LogP contribution in [0, 0.1) is 0 Å². The fraction of sp³-hybridized carbons (Fsp3) is 0.200. The first-order valence-electron chi connectivity index (χ1n) is 4.41. The van der Waals surface area contributed by atoms with Gasteiger partial charge in [-0.1, -0.05) is 17.2 Å². The van der Waals surface area contributed by atoms with E-state index in [1.165, 1.54) is 31.4 Å². The molecule has 1 aromatic carbocycles. The zero-order chi connectivity index (χ0) is 12.0. The van der Waals surface area contributed by atoms with Gasteiger partial charge >= 0.3 is 5.97 Å². The lowest BCUT2D eigenvalue weighted by Crippen LogP contribution is -2.05. The Morgan fingerprint density at radius 3 is 2.38 bits per heavy atom. The predicted molar refractivity (Wildman–Crippen MR) is 56.1 cm³/mol. The molecule has 0 spiro atoms. The Hall–Kier alpha value is -2.33. The lowest BCUT2D eigenvalue weighted by atomic mass is 10.1. The summed E-state index contributed by atoms with van der Waals surface area (Å²) in [4.78, 5) is 25.0. The summed E-state index contributed by atoms with van der Waals surface area (Å²) >= 11 is 0. The molecule has 1 aromatic rings. The van der Waals surface area contributed by atoms with Crippen LogP contribution < -0.4 is 0 Å². The number of rotatable bonds is 4. The molecule has 6 nitrogen and oxygen atoms in total. The Labute approximate surface area is 91.5 Å². The third kappa shape index (κ3) is 2.83. The number of ether oxygens (including phenoxy) is 1. The lowest BCUT2D eigenvalue weighted by Gasteiger charge is -2.00. The lowest BCUT2D eigenvalue weighted by molar-refractivity contribution is 0.0600. The van der Waals surface area contributed by atoms with E-state index in [0.717, 1.165) is 0 Å². The van der Waals surface area contributed by atoms with Gasteiger partial charge in [0.25, 0.3) is 0 Å². The normalized spacial score (nSPS) is 9.06. The number of Topliss-reactive ketones (excluding diaryl/α,β-unsaturated/α-hetero) is 1. The van der Waals surface area contributed by atoms with Gasteiger partial charge in [0.1, 0.15) is 0 Å². The zero-order valence-electron chi connectivity index (χ0n) is 8.58. The van der Waals surface area contributed by atoms with E-state index in [9.17, 15) is 9.59 Å². The molecule has 0 heterocycles. The van der Waals surface area contributed by atoms with Crippen LogP contribution in [0.5, 0.6) is 0 Å². The van der Waals surface area contributed by atoms with Crippen LogP contribution in [0.2, 0.25) is 0 Å². The molecule has 0 saturated heterocycles. The number of azide groups is 1. The van der Waals surface area contributed by atoms with Gasteiger partial charge in [-0.25, -0.2) is 4.79 Å². The summed E-state index contributed by atoms with van der Waals surface area (Å²) in [6.07, 6.45) is 0. The first-order valence-corrected chi connectivity index (χ1v) is 4.41. The molecule has 82 valence electrons. The molecule has 0 aromatic heterocycles. The third-order valence-electron chi connectivity index (χ3n) is 1.91. The maximum absolute atomic E-state index is 11.4. The second-order valence-corrected chi connectivity index (χ2v) is 2.88. The van der Waals surface area contributed by atoms with Crippen molar-refractivity contribution in [3.05, 3.63) is 45.8 Å². The molecule has 0 aliphatic carbocycles. The molecule has 0 aliphatic heterocycles. The van der Waals surface area contributed by atoms with Crippen LogP contribution in [0.1, 0.15) is 20.7 Å². The number of carbonyl (C=O) groups excluding carboxylic acids is 2. The minimum Gasteiger partial charge on any atom is -0.465 e. The number of benzene rings is 1. The molecular formula is C10H9N3O3. The number of ketones is 1. The first kappa shape index (κ1) is 11.7. The summed E-state index contributed by atoms with van der Waals surface area (Å²) in [6, 6.07) is 5.94. The molecule has 0 amide bonds. The van der Waals surface area contributed by atoms with E-state index in [2.05, 4.69) is 14.8 Å². The molecule has 0 unspecified atom stereocenters. The van der Waals surface area contributed by atoms with Crippen LogP contribution in [0.25, 0.3) is 10.4 Å². The Balaban J connectivity index is 2.82. The molecule has 0 bridgehead atoms. The van der Waals surface area contributed by atoms with Crippen molar-refractivity contribution in [1.29, 1.82) is 0 Å². The molecule has 0 N–H and O–H groups in total. The van der Waals surface area contributed by atoms with Crippen LogP contribution in [0.15, 0.2) is 29.4 Å². The van der Waals surface area contributed by atoms with E-state index in [-0.39, 0.29) is 12.3 Å². The first-order chi connectivity index (χ1) is 7.69. The Kier molecular flexibility index (Phi) is 4.06. The van der Waals surface area contributed by atoms with Gasteiger partial charge in [0.2, 0.25) is 0 Å². The predicted octanol–water partition coefficient (Wildman–Crippen LogP) is 1.97. The highest BCUT2D eigenvalue weighted by Gasteiger charge is 2.07. The van der Waals surface area contributed by atoms with Crippen LogP contribution in [0.4, 0.5) is 0 Å². The van der Waals surface area contributed by atoms with Crippen molar-refractivity contribution in [1.82, 2.24) is 0 Å². The van der Waals surface area contributed by atoms with Crippen LogP contribution in [0.3, 0.4) is 0 Å². The van der Waals surface area contributed by atoms with Crippen molar-refractivity contribution in [2.75, 3.05) is 13.7 Å². The van der Waals surface area contributed by atoms with Crippen molar-refractivity contribution >= 4 is 11.8 Å². The molecular weight excluding hydrogens is 210 g/mol. The fourth-order valence-corrected chi connectivity index (χ4v) is 1.10. The minimum atomic E-state index is -0.464. The van der Waals surface area contributed by atoms with Crippen LogP contribution in [-0.4, -0.2) is 25.4 Å². The van der Waals surface area contributed by atoms with Crippen LogP contribution >= 0.6 is 0 Å². The number of esters is 1. The fourth-order valence-electron chi connectivity index (χ4n) is 1.10. The molecule has 0 saturated carbocycles. The highest BCUT2D eigenvalue weighted by Crippen LogP contribution is 2.06. The molecule has 16 heavy (non-hydrogen) atoms. The SMILES string of the molecule is COC(=O)c1ccc(C(=O)CN=[N+]=[N-])cc1. The summed E-state index contributed by atoms with van der Waals surface area (Å²) < 4.78 is 4.51. The highest BCUT2D eigenvalue weighted by atomic mass is 16.5. The van der Waals surface area contributed by atoms with Gasteiger partial charge in [-0.3, -0.25) is 4.79 Å². The third-order valence-corrected chi connectivity index (χ3v) is 1.91. The van der Waals surface area contributed by atoms with Crippen molar-refractivity contribution in [2.24, 2.45) is 5.11 Å². The van der Waals surface area contributed by atoms with Gasteiger partial charge in [0, 0.05) is 10.5 Å². The summed E-state index contributed by atoms with van der Waals surface area (Å²) in [5, 5.41) is 3.16. The van der Waals surface area contributed by atoms with Gasteiger partial charge < -0.3 is 4.74 Å². The standard InChI is InChI=1S/C10H9N3O3/c1-16-10(15)8-4-2-7(3-5-8)9(14)6-12-13-11/h2-5H,6H2,1H3. The molecule has 0 atom stereocenters. The Morgan fingerprint density at radius 1 is 1.31 bits per heavy atom. The van der Waals surface area contributed by atoms with Gasteiger partial charge in [-0.05, 0) is 17.7 Å². The largest absolute Gasteiger partial charge is 0.465 e. The van der Waals surface area contributed by atoms with E-state index in [0.29, 0.717) is 11.1 Å². The maximum atomic E-state index is 11.4. The maximum Gasteiger partial charge on any atom is 0.337 e. The summed E-state index contributed by atoms with van der Waals surface area (Å²) in [5.74, 6) is -0.761. The minimum absolute atomic E-state index is 0.228. The smallest absolute Gasteiger partial charge is 0.337 e. The molecule has 1 rings (SSSR count). The monoisotopic (exact) mass is 219 g/mol. The van der Waals surface area contributed by atoms with Gasteiger partial charge in [0.05, 0.1) is 19.2 Å². The molecule has 6 heteroatoms. The average Bonchev–Trinajstić information content (AvgIpc) is 2.35. The number of nitrogens with zero attached hydrogens (tertiary/aromatic N) is 3. The highest BCUT2D eigenvalue weighted by molar-refractivity contribution is 5.98. The van der Waals surface area contributed by atoms with Crippen molar-refractivity contribution in [3.8, 4) is 0 Å². The zero-order valence-corrected chi connectivity index (χ0v) is 8.58. The van der Waals surface area contributed by atoms with E-state index in [4.69, 9.17) is 5.53 Å². The number of hydrogen-bond acceptors (Lipinski definition) is 4. The number of carbonyl (C=O) groups is 2. The average molecular weight is 219 g/mol. The van der Waals surface area contributed by atoms with Crippen LogP contribution in [-0.2, 0) is 4.74 Å².